The first-order chi connectivity index (χ1) is 8.49. The third kappa shape index (κ3) is 2.57. The quantitative estimate of drug-likeness (QED) is 0.883. The molecule has 1 aromatic rings. The maximum atomic E-state index is 10.8. The van der Waals surface area contributed by atoms with Gasteiger partial charge in [0.25, 0.3) is 0 Å². The number of likely N-dealkylation sites (tertiary alicyclic amines) is 1. The van der Waals surface area contributed by atoms with Crippen LogP contribution in [-0.2, 0) is 0 Å². The van der Waals surface area contributed by atoms with E-state index < -0.39 is 5.97 Å². The van der Waals surface area contributed by atoms with Gasteiger partial charge in [-0.25, -0.2) is 4.79 Å². The summed E-state index contributed by atoms with van der Waals surface area (Å²) in [5.74, 6) is -0.270. The van der Waals surface area contributed by atoms with Gasteiger partial charge in [-0.3, -0.25) is 4.90 Å². The minimum absolute atomic E-state index is 0.0141. The molecular formula is C13H20N2O3. The molecule has 2 rings (SSSR count). The van der Waals surface area contributed by atoms with Gasteiger partial charge in [0, 0.05) is 19.1 Å². The number of furan rings is 1. The number of likely N-dealkylation sites (N-methyl/N-ethyl adjacent to an activating group) is 1. The molecule has 2 atom stereocenters. The second-order valence-corrected chi connectivity index (χ2v) is 5.08. The first-order valence-electron chi connectivity index (χ1n) is 6.22. The van der Waals surface area contributed by atoms with E-state index in [1.54, 1.807) is 6.07 Å². The van der Waals surface area contributed by atoms with E-state index in [1.807, 2.05) is 0 Å². The lowest BCUT2D eigenvalue weighted by molar-refractivity contribution is 0.0656. The van der Waals surface area contributed by atoms with Gasteiger partial charge in [0.2, 0.25) is 5.76 Å². The van der Waals surface area contributed by atoms with Crippen molar-refractivity contribution in [3.63, 3.8) is 0 Å². The smallest absolute Gasteiger partial charge is 0.371 e. The molecule has 1 aromatic heterocycles. The Kier molecular flexibility index (Phi) is 3.73. The molecule has 18 heavy (non-hydrogen) atoms. The summed E-state index contributed by atoms with van der Waals surface area (Å²) in [6, 6.07) is 3.98. The van der Waals surface area contributed by atoms with Gasteiger partial charge in [-0.05, 0) is 39.6 Å². The highest BCUT2D eigenvalue weighted by atomic mass is 16.4. The molecule has 1 saturated heterocycles. The lowest BCUT2D eigenvalue weighted by atomic mass is 10.2. The van der Waals surface area contributed by atoms with Crippen molar-refractivity contribution in [2.75, 3.05) is 27.2 Å². The summed E-state index contributed by atoms with van der Waals surface area (Å²) in [6.07, 6.45) is 1.14. The van der Waals surface area contributed by atoms with Gasteiger partial charge in [0.15, 0.2) is 0 Å². The number of nitrogens with zero attached hydrogens (tertiary/aromatic N) is 2. The van der Waals surface area contributed by atoms with Crippen LogP contribution in [0.15, 0.2) is 16.5 Å². The van der Waals surface area contributed by atoms with Gasteiger partial charge >= 0.3 is 5.97 Å². The number of aromatic carboxylic acids is 1. The van der Waals surface area contributed by atoms with Crippen LogP contribution < -0.4 is 0 Å². The average Bonchev–Trinajstić information content (AvgIpc) is 2.97. The first kappa shape index (κ1) is 13.1. The molecule has 0 aromatic carbocycles. The zero-order valence-corrected chi connectivity index (χ0v) is 11.1. The molecule has 0 bridgehead atoms. The second-order valence-electron chi connectivity index (χ2n) is 5.08. The zero-order chi connectivity index (χ0) is 13.3. The number of hydrogen-bond donors (Lipinski definition) is 1. The summed E-state index contributed by atoms with van der Waals surface area (Å²) < 4.78 is 5.36. The number of hydrogen-bond acceptors (Lipinski definition) is 4. The highest BCUT2D eigenvalue weighted by molar-refractivity contribution is 5.84. The Balaban J connectivity index is 2.03. The van der Waals surface area contributed by atoms with E-state index in [-0.39, 0.29) is 11.8 Å². The fourth-order valence-corrected chi connectivity index (χ4v) is 2.41. The van der Waals surface area contributed by atoms with Crippen LogP contribution in [0.3, 0.4) is 0 Å². The van der Waals surface area contributed by atoms with Gasteiger partial charge in [-0.1, -0.05) is 0 Å². The largest absolute Gasteiger partial charge is 0.475 e. The Morgan fingerprint density at radius 2 is 2.28 bits per heavy atom. The van der Waals surface area contributed by atoms with E-state index in [0.29, 0.717) is 6.04 Å². The Morgan fingerprint density at radius 1 is 1.56 bits per heavy atom. The monoisotopic (exact) mass is 252 g/mol. The molecule has 1 aliphatic rings. The zero-order valence-electron chi connectivity index (χ0n) is 11.1. The van der Waals surface area contributed by atoms with Gasteiger partial charge < -0.3 is 14.4 Å². The van der Waals surface area contributed by atoms with Crippen molar-refractivity contribution in [3.8, 4) is 0 Å². The lowest BCUT2D eigenvalue weighted by Gasteiger charge is -2.24. The Morgan fingerprint density at radius 3 is 2.78 bits per heavy atom. The van der Waals surface area contributed by atoms with Crippen molar-refractivity contribution in [3.05, 3.63) is 23.7 Å². The number of carbonyl (C=O) groups is 1. The molecule has 100 valence electrons. The number of carboxylic acid groups (broad SMARTS) is 1. The van der Waals surface area contributed by atoms with Crippen molar-refractivity contribution < 1.29 is 14.3 Å². The van der Waals surface area contributed by atoms with Crippen LogP contribution in [0.2, 0.25) is 0 Å². The van der Waals surface area contributed by atoms with Crippen molar-refractivity contribution in [2.24, 2.45) is 0 Å². The van der Waals surface area contributed by atoms with Gasteiger partial charge in [0.1, 0.15) is 5.76 Å². The molecule has 0 saturated carbocycles. The van der Waals surface area contributed by atoms with Crippen molar-refractivity contribution >= 4 is 5.97 Å². The van der Waals surface area contributed by atoms with Crippen LogP contribution in [-0.4, -0.2) is 54.1 Å². The normalized spacial score (nSPS) is 22.6. The predicted molar refractivity (Wildman–Crippen MR) is 67.7 cm³/mol. The molecule has 0 amide bonds. The van der Waals surface area contributed by atoms with Gasteiger partial charge in [-0.2, -0.15) is 0 Å². The molecule has 5 nitrogen and oxygen atoms in total. The molecule has 2 heterocycles. The molecule has 1 aliphatic heterocycles. The van der Waals surface area contributed by atoms with E-state index in [1.165, 1.54) is 6.07 Å². The summed E-state index contributed by atoms with van der Waals surface area (Å²) >= 11 is 0. The van der Waals surface area contributed by atoms with Gasteiger partial charge in [0.05, 0.1) is 6.04 Å². The number of carboxylic acids is 1. The van der Waals surface area contributed by atoms with E-state index in [0.717, 1.165) is 25.3 Å². The topological polar surface area (TPSA) is 56.9 Å². The fraction of sp³-hybridized carbons (Fsp3) is 0.615. The summed E-state index contributed by atoms with van der Waals surface area (Å²) in [5, 5.41) is 8.85. The molecule has 0 aliphatic carbocycles. The predicted octanol–water partition coefficient (Wildman–Crippen LogP) is 1.67. The van der Waals surface area contributed by atoms with Crippen LogP contribution in [0, 0.1) is 0 Å². The molecule has 1 N–H and O–H groups in total. The third-order valence-electron chi connectivity index (χ3n) is 3.72. The minimum Gasteiger partial charge on any atom is -0.475 e. The maximum Gasteiger partial charge on any atom is 0.371 e. The van der Waals surface area contributed by atoms with E-state index >= 15 is 0 Å². The second kappa shape index (κ2) is 5.12. The molecule has 5 heteroatoms. The van der Waals surface area contributed by atoms with Crippen molar-refractivity contribution in [1.29, 1.82) is 0 Å². The molecule has 1 fully saturated rings. The number of rotatable bonds is 4. The highest BCUT2D eigenvalue weighted by Crippen LogP contribution is 2.27. The van der Waals surface area contributed by atoms with Crippen molar-refractivity contribution in [2.45, 2.75) is 25.4 Å². The molecule has 0 radical (unpaired) electrons. The average molecular weight is 252 g/mol. The van der Waals surface area contributed by atoms with Crippen molar-refractivity contribution in [1.82, 2.24) is 9.80 Å². The maximum absolute atomic E-state index is 10.8. The highest BCUT2D eigenvalue weighted by Gasteiger charge is 2.29. The standard InChI is InChI=1S/C13H20N2O3/c1-9(11-4-5-12(18-11)13(16)17)15-7-6-10(8-15)14(2)3/h4-5,9-10H,6-8H2,1-3H3,(H,16,17). The van der Waals surface area contributed by atoms with Crippen LogP contribution >= 0.6 is 0 Å². The van der Waals surface area contributed by atoms with E-state index in [4.69, 9.17) is 9.52 Å². The van der Waals surface area contributed by atoms with E-state index in [2.05, 4.69) is 30.8 Å². The lowest BCUT2D eigenvalue weighted by Crippen LogP contribution is -2.32. The van der Waals surface area contributed by atoms with Crippen LogP contribution in [0.4, 0.5) is 0 Å². The molecular weight excluding hydrogens is 232 g/mol. The summed E-state index contributed by atoms with van der Waals surface area (Å²) in [4.78, 5) is 15.3. The Labute approximate surface area is 107 Å². The first-order valence-corrected chi connectivity index (χ1v) is 6.22. The minimum atomic E-state index is -1.01. The fourth-order valence-electron chi connectivity index (χ4n) is 2.41. The SMILES string of the molecule is CC(c1ccc(C(=O)O)o1)N1CCC(N(C)C)C1. The molecule has 2 unspecified atom stereocenters. The summed E-state index contributed by atoms with van der Waals surface area (Å²) in [5.41, 5.74) is 0. The van der Waals surface area contributed by atoms with Gasteiger partial charge in [-0.15, -0.1) is 0 Å². The Hall–Kier alpha value is -1.33. The van der Waals surface area contributed by atoms with Crippen LogP contribution in [0.1, 0.15) is 35.7 Å². The van der Waals surface area contributed by atoms with Crippen LogP contribution in [0.5, 0.6) is 0 Å². The third-order valence-corrected chi connectivity index (χ3v) is 3.72. The Bertz CT molecular complexity index is 428. The summed E-state index contributed by atoms with van der Waals surface area (Å²) in [6.45, 7) is 4.08. The van der Waals surface area contributed by atoms with Crippen LogP contribution in [0.25, 0.3) is 0 Å². The van der Waals surface area contributed by atoms with E-state index in [9.17, 15) is 4.79 Å². The molecule has 0 spiro atoms. The summed E-state index contributed by atoms with van der Waals surface area (Å²) in [7, 11) is 4.18.